The Bertz CT molecular complexity index is 386. The van der Waals surface area contributed by atoms with Gasteiger partial charge in [-0.1, -0.05) is 86.0 Å². The van der Waals surface area contributed by atoms with Gasteiger partial charge >= 0.3 is 0 Å². The molecule has 19 heavy (non-hydrogen) atoms. The summed E-state index contributed by atoms with van der Waals surface area (Å²) in [5.41, 5.74) is 3.43. The van der Waals surface area contributed by atoms with E-state index in [1.807, 2.05) is 9.64 Å². The summed E-state index contributed by atoms with van der Waals surface area (Å²) in [6.07, 6.45) is 0. The monoisotopic (exact) mass is 310 g/mol. The van der Waals surface area contributed by atoms with Crippen LogP contribution in [0.5, 0.6) is 0 Å². The van der Waals surface area contributed by atoms with E-state index in [-0.39, 0.29) is 0 Å². The Balaban J connectivity index is 3.65. The van der Waals surface area contributed by atoms with Gasteiger partial charge in [0, 0.05) is 0 Å². The molecule has 0 atom stereocenters. The Morgan fingerprint density at radius 2 is 0.947 bits per heavy atom. The van der Waals surface area contributed by atoms with Gasteiger partial charge in [-0.25, -0.2) is 0 Å². The Labute approximate surface area is 124 Å². The lowest BCUT2D eigenvalue weighted by Crippen LogP contribution is -2.51. The molecule has 1 rings (SSSR count). The molecule has 1 heterocycles. The lowest BCUT2D eigenvalue weighted by atomic mass is 10.2. The summed E-state index contributed by atoms with van der Waals surface area (Å²) in [6.45, 7) is 25.2. The van der Waals surface area contributed by atoms with Crippen molar-refractivity contribution in [1.82, 2.24) is 0 Å². The molecule has 0 aromatic carbocycles. The number of allylic oxidation sites excluding steroid dienone is 2. The number of hydrogen-bond acceptors (Lipinski definition) is 0. The van der Waals surface area contributed by atoms with Gasteiger partial charge in [0.1, 0.15) is 8.07 Å². The average molecular weight is 311 g/mol. The van der Waals surface area contributed by atoms with Gasteiger partial charge in [0.05, 0.1) is 16.1 Å². The molecule has 0 nitrogen and oxygen atoms in total. The second kappa shape index (κ2) is 5.15. The van der Waals surface area contributed by atoms with Gasteiger partial charge in [-0.15, -0.1) is 0 Å². The Morgan fingerprint density at radius 1 is 0.684 bits per heavy atom. The molecular weight excluding hydrogens is 276 g/mol. The Kier molecular flexibility index (Phi) is 4.66. The zero-order valence-corrected chi connectivity index (χ0v) is 17.9. The van der Waals surface area contributed by atoms with Crippen molar-refractivity contribution < 1.29 is 0 Å². The van der Waals surface area contributed by atoms with E-state index in [1.165, 1.54) is 12.1 Å². The van der Waals surface area contributed by atoms with Crippen molar-refractivity contribution in [2.75, 3.05) is 0 Å². The first-order chi connectivity index (χ1) is 8.43. The highest BCUT2D eigenvalue weighted by atomic mass is 28.4. The van der Waals surface area contributed by atoms with Gasteiger partial charge in [0.2, 0.25) is 0 Å². The van der Waals surface area contributed by atoms with E-state index < -0.39 is 24.2 Å². The summed E-state index contributed by atoms with van der Waals surface area (Å²) in [5, 5.41) is 0. The SMILES string of the molecule is CC[Si]1(CC)C([Si](C)(C)C)=C(C)C(C)=C1[Si](C)(C)C. The maximum absolute atomic E-state index is 2.57. The molecule has 0 fully saturated rings. The van der Waals surface area contributed by atoms with Crippen molar-refractivity contribution in [1.29, 1.82) is 0 Å². The first-order valence-corrected chi connectivity index (χ1v) is 17.3. The number of hydrogen-bond donors (Lipinski definition) is 0. The standard InChI is InChI=1S/C16H34Si3/c1-11-19(12-2)15(17(5,6)7)13(3)14(4)16(19)18(8,9)10/h11-12H2,1-10H3. The largest absolute Gasteiger partial charge is 0.100 e. The van der Waals surface area contributed by atoms with Crippen molar-refractivity contribution in [2.45, 2.75) is 79.1 Å². The lowest BCUT2D eigenvalue weighted by Gasteiger charge is -2.42. The minimum atomic E-state index is -1.35. The molecular formula is C16H34Si3. The minimum Gasteiger partial charge on any atom is -0.0836 e. The third kappa shape index (κ3) is 2.66. The Morgan fingerprint density at radius 3 is 1.11 bits per heavy atom. The van der Waals surface area contributed by atoms with Crippen LogP contribution in [0.2, 0.25) is 51.4 Å². The highest BCUT2D eigenvalue weighted by Crippen LogP contribution is 2.49. The van der Waals surface area contributed by atoms with Crippen LogP contribution in [0.1, 0.15) is 27.7 Å². The second-order valence-electron chi connectivity index (χ2n) is 8.29. The second-order valence-corrected chi connectivity index (χ2v) is 23.9. The van der Waals surface area contributed by atoms with E-state index in [0.717, 1.165) is 0 Å². The first-order valence-electron chi connectivity index (χ1n) is 7.87. The van der Waals surface area contributed by atoms with Crippen LogP contribution in [0.15, 0.2) is 20.8 Å². The molecule has 0 aromatic rings. The molecule has 0 N–H and O–H groups in total. The summed E-state index contributed by atoms with van der Waals surface area (Å²) in [4.78, 5) is 4.00. The summed E-state index contributed by atoms with van der Waals surface area (Å²) < 4.78 is 0. The van der Waals surface area contributed by atoms with Crippen LogP contribution < -0.4 is 0 Å². The highest BCUT2D eigenvalue weighted by molar-refractivity contribution is 7.18. The predicted molar refractivity (Wildman–Crippen MR) is 98.8 cm³/mol. The zero-order valence-electron chi connectivity index (χ0n) is 14.9. The van der Waals surface area contributed by atoms with E-state index in [4.69, 9.17) is 0 Å². The van der Waals surface area contributed by atoms with Crippen LogP contribution >= 0.6 is 0 Å². The van der Waals surface area contributed by atoms with Gasteiger partial charge < -0.3 is 0 Å². The maximum atomic E-state index is 2.57. The number of rotatable bonds is 4. The van der Waals surface area contributed by atoms with E-state index in [0.29, 0.717) is 0 Å². The molecule has 0 bridgehead atoms. The third-order valence-electron chi connectivity index (χ3n) is 4.98. The molecule has 110 valence electrons. The molecule has 3 heteroatoms. The van der Waals surface area contributed by atoms with Crippen molar-refractivity contribution in [3.05, 3.63) is 20.8 Å². The van der Waals surface area contributed by atoms with Crippen LogP contribution in [0.4, 0.5) is 0 Å². The van der Waals surface area contributed by atoms with Gasteiger partial charge in [-0.3, -0.25) is 0 Å². The van der Waals surface area contributed by atoms with Crippen molar-refractivity contribution in [3.63, 3.8) is 0 Å². The predicted octanol–water partition coefficient (Wildman–Crippen LogP) is 5.95. The fourth-order valence-corrected chi connectivity index (χ4v) is 26.1. The van der Waals surface area contributed by atoms with E-state index in [1.54, 1.807) is 11.1 Å². The lowest BCUT2D eigenvalue weighted by molar-refractivity contribution is 1.27. The molecule has 0 aromatic heterocycles. The van der Waals surface area contributed by atoms with Gasteiger partial charge in [0.15, 0.2) is 0 Å². The maximum Gasteiger partial charge on any atom is 0.100 e. The molecule has 0 amide bonds. The molecule has 0 radical (unpaired) electrons. The molecule has 1 aliphatic rings. The smallest absolute Gasteiger partial charge is 0.0836 e. The normalized spacial score (nSPS) is 20.5. The molecule has 0 saturated carbocycles. The molecule has 0 unspecified atom stereocenters. The van der Waals surface area contributed by atoms with Crippen molar-refractivity contribution in [2.24, 2.45) is 0 Å². The molecule has 0 saturated heterocycles. The fourth-order valence-electron chi connectivity index (χ4n) is 4.74. The molecule has 0 spiro atoms. The minimum absolute atomic E-state index is 1.21. The van der Waals surface area contributed by atoms with E-state index >= 15 is 0 Å². The van der Waals surface area contributed by atoms with Crippen LogP contribution in [0.3, 0.4) is 0 Å². The zero-order chi connectivity index (χ0) is 15.2. The van der Waals surface area contributed by atoms with E-state index in [2.05, 4.69) is 67.0 Å². The summed E-state index contributed by atoms with van der Waals surface area (Å²) in [7, 11) is -3.76. The third-order valence-corrected chi connectivity index (χ3v) is 21.2. The van der Waals surface area contributed by atoms with Crippen LogP contribution in [0.25, 0.3) is 0 Å². The molecule has 0 aliphatic carbocycles. The summed E-state index contributed by atoms with van der Waals surface area (Å²) in [5.74, 6) is 0. The average Bonchev–Trinajstić information content (AvgIpc) is 2.46. The fraction of sp³-hybridized carbons (Fsp3) is 0.750. The van der Waals surface area contributed by atoms with Gasteiger partial charge in [-0.05, 0) is 13.8 Å². The topological polar surface area (TPSA) is 0 Å². The summed E-state index contributed by atoms with van der Waals surface area (Å²) in [6, 6.07) is 2.86. The van der Waals surface area contributed by atoms with Gasteiger partial charge in [0.25, 0.3) is 0 Å². The Hall–Kier alpha value is 0.131. The molecule has 1 aliphatic heterocycles. The van der Waals surface area contributed by atoms with Gasteiger partial charge in [-0.2, -0.15) is 0 Å². The van der Waals surface area contributed by atoms with Crippen molar-refractivity contribution in [3.8, 4) is 0 Å². The summed E-state index contributed by atoms with van der Waals surface area (Å²) >= 11 is 0. The quantitative estimate of drug-likeness (QED) is 0.562. The first kappa shape index (κ1) is 17.2. The highest BCUT2D eigenvalue weighted by Gasteiger charge is 2.51. The van der Waals surface area contributed by atoms with Crippen LogP contribution in [-0.2, 0) is 0 Å². The van der Waals surface area contributed by atoms with Crippen LogP contribution in [0, 0.1) is 0 Å². The van der Waals surface area contributed by atoms with E-state index in [9.17, 15) is 0 Å². The van der Waals surface area contributed by atoms with Crippen molar-refractivity contribution >= 4 is 24.2 Å². The van der Waals surface area contributed by atoms with Crippen LogP contribution in [-0.4, -0.2) is 24.2 Å².